The van der Waals surface area contributed by atoms with Gasteiger partial charge in [0.25, 0.3) is 0 Å². The zero-order chi connectivity index (χ0) is 17.3. The molecule has 0 fully saturated rings. The van der Waals surface area contributed by atoms with E-state index in [1.165, 1.54) is 0 Å². The molecule has 1 atom stereocenters. The molecule has 0 aromatic carbocycles. The summed E-state index contributed by atoms with van der Waals surface area (Å²) in [5.74, 6) is -5.03. The van der Waals surface area contributed by atoms with Gasteiger partial charge < -0.3 is 25.8 Å². The summed E-state index contributed by atoms with van der Waals surface area (Å²) in [5, 5.41) is 29.6. The van der Waals surface area contributed by atoms with Crippen molar-refractivity contribution in [2.24, 2.45) is 11.1 Å². The minimum atomic E-state index is -1.84. The van der Waals surface area contributed by atoms with E-state index < -0.39 is 54.8 Å². The van der Waals surface area contributed by atoms with Crippen LogP contribution in [0.3, 0.4) is 0 Å². The van der Waals surface area contributed by atoms with Crippen molar-refractivity contribution in [1.29, 1.82) is 0 Å². The number of carbonyl (C=O) groups is 4. The Morgan fingerprint density at radius 2 is 1.38 bits per heavy atom. The summed E-state index contributed by atoms with van der Waals surface area (Å²) in [5.41, 5.74) is 3.46. The molecule has 0 aliphatic rings. The molecule has 0 aliphatic carbocycles. The fourth-order valence-electron chi connectivity index (χ4n) is 2.13. The first-order valence-electron chi connectivity index (χ1n) is 6.39. The number of carboxylic acids is 3. The number of hydrogen-bond donors (Lipinski definition) is 5. The van der Waals surface area contributed by atoms with Crippen LogP contribution in [-0.2, 0) is 23.9 Å². The zero-order valence-corrected chi connectivity index (χ0v) is 12.1. The summed E-state index contributed by atoms with van der Waals surface area (Å²) in [7, 11) is 0. The van der Waals surface area contributed by atoms with Crippen molar-refractivity contribution in [2.45, 2.75) is 32.4 Å². The number of carbonyl (C=O) groups excluding carboxylic acids is 1. The summed E-state index contributed by atoms with van der Waals surface area (Å²) in [6.07, 6.45) is -3.82. The van der Waals surface area contributed by atoms with Crippen LogP contribution in [0.25, 0.3) is 0 Å². The Balaban J connectivity index is -0.00000220. The summed E-state index contributed by atoms with van der Waals surface area (Å²) in [6, 6.07) is 0. The van der Waals surface area contributed by atoms with E-state index in [0.29, 0.717) is 0 Å². The van der Waals surface area contributed by atoms with E-state index in [1.54, 1.807) is 0 Å². The van der Waals surface area contributed by atoms with Gasteiger partial charge >= 0.3 is 83.0 Å². The van der Waals surface area contributed by atoms with Gasteiger partial charge in [0, 0.05) is 20.0 Å². The molecule has 10 nitrogen and oxygen atoms in total. The summed E-state index contributed by atoms with van der Waals surface area (Å²) in [4.78, 5) is 44.4. The Morgan fingerprint density at radius 3 is 1.62 bits per heavy atom. The first-order chi connectivity index (χ1) is 10.1. The molecular weight excluding hydrogens is 346 g/mol. The number of aliphatic carboxylic acids is 3. The van der Waals surface area contributed by atoms with E-state index >= 15 is 0 Å². The van der Waals surface area contributed by atoms with Gasteiger partial charge in [-0.3, -0.25) is 24.5 Å². The predicted molar refractivity (Wildman–Crippen MR) is 86.1 cm³/mol. The average Bonchev–Trinajstić information content (AvgIpc) is 2.30. The van der Waals surface area contributed by atoms with Crippen LogP contribution in [0.2, 0.25) is 0 Å². The van der Waals surface area contributed by atoms with Crippen LogP contribution in [0, 0.1) is 5.41 Å². The van der Waals surface area contributed by atoms with Gasteiger partial charge in [-0.1, -0.05) is 0 Å². The minimum absolute atomic E-state index is 0. The molecule has 12 heteroatoms. The molecule has 0 radical (unpaired) electrons. The normalized spacial score (nSPS) is 11.4. The topological polar surface area (TPSA) is 176 Å². The second-order valence-electron chi connectivity index (χ2n) is 4.81. The molecule has 130 valence electrons. The van der Waals surface area contributed by atoms with Crippen LogP contribution in [0.15, 0.2) is 0 Å². The van der Waals surface area contributed by atoms with E-state index in [0.717, 1.165) is 6.92 Å². The van der Waals surface area contributed by atoms with Crippen LogP contribution in [-0.4, -0.2) is 118 Å². The number of nitrogens with two attached hydrogens (primary N) is 1. The van der Waals surface area contributed by atoms with Crippen LogP contribution >= 0.6 is 0 Å². The maximum atomic E-state index is 11.2. The SMILES string of the molecule is CC(=O)OC(NCCN)C(CC(=O)O)(CC(=O)O)CC(=O)O.[NaH].[NaH]. The van der Waals surface area contributed by atoms with Gasteiger partial charge in [-0.15, -0.1) is 0 Å². The van der Waals surface area contributed by atoms with Gasteiger partial charge in [0.2, 0.25) is 0 Å². The van der Waals surface area contributed by atoms with Crippen molar-refractivity contribution in [2.75, 3.05) is 13.1 Å². The number of hydrogen-bond acceptors (Lipinski definition) is 7. The van der Waals surface area contributed by atoms with E-state index in [9.17, 15) is 19.2 Å². The molecule has 0 bridgehead atoms. The number of carboxylic acid groups (broad SMARTS) is 3. The van der Waals surface area contributed by atoms with Crippen molar-refractivity contribution >= 4 is 83.0 Å². The third-order valence-electron chi connectivity index (χ3n) is 2.82. The Hall–Kier alpha value is -0.200. The molecule has 0 spiro atoms. The van der Waals surface area contributed by atoms with Gasteiger partial charge in [-0.25, -0.2) is 0 Å². The number of rotatable bonds is 11. The van der Waals surface area contributed by atoms with Gasteiger partial charge in [-0.2, -0.15) is 0 Å². The van der Waals surface area contributed by atoms with Gasteiger partial charge in [0.1, 0.15) is 0 Å². The molecule has 0 aromatic rings. The molecule has 1 unspecified atom stereocenters. The maximum absolute atomic E-state index is 11.2. The molecule has 0 rings (SSSR count). The number of ether oxygens (including phenoxy) is 1. The molecule has 0 saturated heterocycles. The first-order valence-corrected chi connectivity index (χ1v) is 6.39. The van der Waals surface area contributed by atoms with Crippen LogP contribution in [0.5, 0.6) is 0 Å². The Kier molecular flexibility index (Phi) is 16.7. The van der Waals surface area contributed by atoms with E-state index in [2.05, 4.69) is 5.32 Å². The molecule has 0 aliphatic heterocycles. The third kappa shape index (κ3) is 11.4. The predicted octanol–water partition coefficient (Wildman–Crippen LogP) is -2.46. The summed E-state index contributed by atoms with van der Waals surface area (Å²) < 4.78 is 4.92. The number of esters is 1. The molecular formula is C12H22N2Na2O8. The monoisotopic (exact) mass is 368 g/mol. The number of nitrogens with one attached hydrogen (secondary N) is 1. The molecule has 24 heavy (non-hydrogen) atoms. The zero-order valence-electron chi connectivity index (χ0n) is 12.1. The molecule has 0 heterocycles. The van der Waals surface area contributed by atoms with Crippen LogP contribution in [0.1, 0.15) is 26.2 Å². The average molecular weight is 368 g/mol. The van der Waals surface area contributed by atoms with Crippen molar-refractivity contribution < 1.29 is 39.2 Å². The van der Waals surface area contributed by atoms with Crippen molar-refractivity contribution in [3.63, 3.8) is 0 Å². The molecule has 6 N–H and O–H groups in total. The molecule has 0 aromatic heterocycles. The van der Waals surface area contributed by atoms with Crippen molar-refractivity contribution in [3.05, 3.63) is 0 Å². The Labute approximate surface area is 183 Å². The summed E-state index contributed by atoms with van der Waals surface area (Å²) >= 11 is 0. The van der Waals surface area contributed by atoms with Crippen LogP contribution < -0.4 is 11.1 Å². The third-order valence-corrected chi connectivity index (χ3v) is 2.82. The van der Waals surface area contributed by atoms with E-state index in [1.807, 2.05) is 0 Å². The first kappa shape index (κ1) is 28.6. The molecule has 0 amide bonds. The standard InChI is InChI=1S/C12H20N2O8.2Na.2H/c1-7(15)22-11(14-3-2-13)12(4-8(16)17,5-9(18)19)6-10(20)21;;;;/h11,14H,2-6,13H2,1H3,(H,16,17)(H,18,19)(H,20,21);;;;. The molecule has 0 saturated carbocycles. The van der Waals surface area contributed by atoms with Gasteiger partial charge in [0.15, 0.2) is 6.23 Å². The summed E-state index contributed by atoms with van der Waals surface area (Å²) in [6.45, 7) is 1.23. The quantitative estimate of drug-likeness (QED) is 0.149. The van der Waals surface area contributed by atoms with Crippen molar-refractivity contribution in [1.82, 2.24) is 5.32 Å². The van der Waals surface area contributed by atoms with Gasteiger partial charge in [-0.05, 0) is 0 Å². The van der Waals surface area contributed by atoms with Crippen molar-refractivity contribution in [3.8, 4) is 0 Å². The van der Waals surface area contributed by atoms with Gasteiger partial charge in [0.05, 0.1) is 24.7 Å². The fraction of sp³-hybridized carbons (Fsp3) is 0.667. The second-order valence-corrected chi connectivity index (χ2v) is 4.81. The van der Waals surface area contributed by atoms with E-state index in [4.69, 9.17) is 25.8 Å². The second kappa shape index (κ2) is 14.0. The van der Waals surface area contributed by atoms with E-state index in [-0.39, 0.29) is 72.2 Å². The fourth-order valence-corrected chi connectivity index (χ4v) is 2.13. The Bertz CT molecular complexity index is 406. The Morgan fingerprint density at radius 1 is 1.00 bits per heavy atom. The van der Waals surface area contributed by atoms with Crippen LogP contribution in [0.4, 0.5) is 0 Å².